The Labute approximate surface area is 277 Å². The van der Waals surface area contributed by atoms with E-state index < -0.39 is 0 Å². The van der Waals surface area contributed by atoms with Gasteiger partial charge in [-0.05, 0) is 90.4 Å². The van der Waals surface area contributed by atoms with Gasteiger partial charge in [0.25, 0.3) is 5.91 Å². The van der Waals surface area contributed by atoms with E-state index in [1.54, 1.807) is 67.4 Å². The second-order valence-electron chi connectivity index (χ2n) is 12.1. The number of thiazole rings is 1. The highest BCUT2D eigenvalue weighted by Gasteiger charge is 2.69. The topological polar surface area (TPSA) is 118 Å². The lowest BCUT2D eigenvalue weighted by Crippen LogP contribution is -2.42. The van der Waals surface area contributed by atoms with E-state index in [0.29, 0.717) is 27.9 Å². The molecule has 2 aliphatic carbocycles. The molecule has 12 heteroatoms. The zero-order valence-electron chi connectivity index (χ0n) is 24.5. The summed E-state index contributed by atoms with van der Waals surface area (Å²) >= 11 is 8.95. The minimum atomic E-state index is -0.387. The molecule has 3 amide bonds. The van der Waals surface area contributed by atoms with Gasteiger partial charge in [0.2, 0.25) is 11.8 Å². The number of benzene rings is 3. The van der Waals surface area contributed by atoms with Gasteiger partial charge in [-0.1, -0.05) is 35.1 Å². The molecule has 4 aromatic rings. The number of rotatable bonds is 7. The van der Waals surface area contributed by atoms with Crippen molar-refractivity contribution in [3.63, 3.8) is 0 Å². The third-order valence-electron chi connectivity index (χ3n) is 9.79. The van der Waals surface area contributed by atoms with Crippen LogP contribution in [0.2, 0.25) is 5.02 Å². The molecule has 1 saturated heterocycles. The Bertz CT molecular complexity index is 1910. The largest absolute Gasteiger partial charge is 0.497 e. The van der Waals surface area contributed by atoms with Crippen LogP contribution in [0, 0.1) is 29.6 Å². The van der Waals surface area contributed by atoms with Crippen LogP contribution >= 0.6 is 34.7 Å². The lowest BCUT2D eigenvalue weighted by Gasteiger charge is -2.43. The number of aromatic nitrogens is 1. The fourth-order valence-electron chi connectivity index (χ4n) is 8.03. The van der Waals surface area contributed by atoms with Gasteiger partial charge in [-0.3, -0.25) is 24.1 Å². The molecule has 234 valence electrons. The van der Waals surface area contributed by atoms with E-state index in [1.807, 2.05) is 24.3 Å². The zero-order chi connectivity index (χ0) is 31.7. The number of H-pyrrole nitrogens is 1. The van der Waals surface area contributed by atoms with Crippen molar-refractivity contribution in [2.75, 3.05) is 23.9 Å². The molecule has 7 atom stereocenters. The van der Waals surface area contributed by atoms with Crippen molar-refractivity contribution in [1.82, 2.24) is 4.98 Å². The molecule has 8 rings (SSSR count). The van der Waals surface area contributed by atoms with Gasteiger partial charge in [0.1, 0.15) is 11.5 Å². The van der Waals surface area contributed by atoms with Gasteiger partial charge in [0.05, 0.1) is 29.7 Å². The Morgan fingerprint density at radius 2 is 1.61 bits per heavy atom. The van der Waals surface area contributed by atoms with Crippen molar-refractivity contribution in [1.29, 1.82) is 0 Å². The monoisotopic (exact) mass is 673 g/mol. The van der Waals surface area contributed by atoms with Gasteiger partial charge in [-0.15, -0.1) is 11.8 Å². The predicted octanol–water partition coefficient (Wildman–Crippen LogP) is 5.79. The number of hydrogen-bond acceptors (Lipinski definition) is 8. The lowest BCUT2D eigenvalue weighted by atomic mass is 9.68. The molecule has 4 aliphatic rings. The number of anilines is 2. The fraction of sp³-hybridized carbons (Fsp3) is 0.294. The number of ether oxygens (including phenoxy) is 2. The summed E-state index contributed by atoms with van der Waals surface area (Å²) in [7, 11) is 1.58. The average molecular weight is 674 g/mol. The summed E-state index contributed by atoms with van der Waals surface area (Å²) in [6.07, 6.45) is 0.809. The van der Waals surface area contributed by atoms with Crippen LogP contribution in [0.3, 0.4) is 0 Å². The maximum atomic E-state index is 13.9. The summed E-state index contributed by atoms with van der Waals surface area (Å²) in [5.41, 5.74) is 2.21. The van der Waals surface area contributed by atoms with Crippen LogP contribution < -0.4 is 24.6 Å². The Morgan fingerprint density at radius 1 is 0.935 bits per heavy atom. The van der Waals surface area contributed by atoms with E-state index in [4.69, 9.17) is 21.1 Å². The maximum Gasteiger partial charge on any atom is 0.305 e. The first kappa shape index (κ1) is 29.3. The molecular weight excluding hydrogens is 646 g/mol. The van der Waals surface area contributed by atoms with E-state index in [2.05, 4.69) is 10.3 Å². The molecular formula is C34H28ClN3O6S2. The lowest BCUT2D eigenvalue weighted by molar-refractivity contribution is -0.123. The van der Waals surface area contributed by atoms with Gasteiger partial charge in [-0.2, -0.15) is 0 Å². The first-order valence-corrected chi connectivity index (χ1v) is 17.1. The van der Waals surface area contributed by atoms with E-state index >= 15 is 0 Å². The third-order valence-corrected chi connectivity index (χ3v) is 12.6. The summed E-state index contributed by atoms with van der Waals surface area (Å²) in [6.45, 7) is -0.160. The predicted molar refractivity (Wildman–Crippen MR) is 176 cm³/mol. The number of thioether (sulfide) groups is 1. The molecule has 0 spiro atoms. The molecule has 2 N–H and O–H groups in total. The van der Waals surface area contributed by atoms with Crippen molar-refractivity contribution in [3.05, 3.63) is 97.9 Å². The fourth-order valence-corrected chi connectivity index (χ4v) is 11.0. The van der Waals surface area contributed by atoms with Gasteiger partial charge >= 0.3 is 4.87 Å². The standard InChI is InChI=1S/C34H28ClN3O6S2/c1-43-20-12-6-18(7-13-20)36-24(39)15-44-21-10-2-16(3-11-21)25-26-22-14-23(29(26)45-31-30(25)46-34(42)37-31)28-27(22)32(40)38(33(28)41)19-8-4-17(35)5-9-19/h2-13,22-23,25-29H,14-15H2,1H3,(H,36,39)(H,37,42)/t22?,23?,25-,26?,27?,28?,29?/m1/s1. The van der Waals surface area contributed by atoms with Crippen molar-refractivity contribution in [2.45, 2.75) is 22.6 Å². The SMILES string of the molecule is COc1ccc(NC(=O)COc2ccc([C@H]3c4sc(=O)[nH]c4SC4C5CC(C6C(=O)N(c7ccc(Cl)cc7)C(=O)C56)C43)cc2)cc1. The first-order valence-electron chi connectivity index (χ1n) is 15.0. The summed E-state index contributed by atoms with van der Waals surface area (Å²) in [5.74, 6) is -0.0666. The van der Waals surface area contributed by atoms with Crippen LogP contribution in [-0.2, 0) is 14.4 Å². The number of nitrogens with zero attached hydrogens (tertiary/aromatic N) is 1. The molecule has 9 nitrogen and oxygen atoms in total. The van der Waals surface area contributed by atoms with Crippen LogP contribution in [0.1, 0.15) is 22.8 Å². The maximum absolute atomic E-state index is 13.9. The normalized spacial score (nSPS) is 27.3. The number of carbonyl (C=O) groups is 3. The van der Waals surface area contributed by atoms with Crippen LogP contribution in [0.5, 0.6) is 11.5 Å². The summed E-state index contributed by atoms with van der Waals surface area (Å²) in [6, 6.07) is 21.5. The van der Waals surface area contributed by atoms with Gasteiger partial charge in [0.15, 0.2) is 6.61 Å². The number of methoxy groups -OCH3 is 1. The zero-order valence-corrected chi connectivity index (χ0v) is 26.9. The molecule has 3 heterocycles. The summed E-state index contributed by atoms with van der Waals surface area (Å²) < 4.78 is 10.9. The van der Waals surface area contributed by atoms with E-state index in [-0.39, 0.29) is 70.0 Å². The Hall–Kier alpha value is -4.06. The minimum absolute atomic E-state index is 0.00850. The van der Waals surface area contributed by atoms with Crippen molar-refractivity contribution in [2.24, 2.45) is 29.6 Å². The average Bonchev–Trinajstić information content (AvgIpc) is 3.80. The van der Waals surface area contributed by atoms with Gasteiger partial charge in [-0.25, -0.2) is 0 Å². The van der Waals surface area contributed by atoms with Crippen LogP contribution in [0.4, 0.5) is 11.4 Å². The van der Waals surface area contributed by atoms with Crippen molar-refractivity contribution < 1.29 is 23.9 Å². The number of fused-ring (bicyclic) bond motifs is 9. The van der Waals surface area contributed by atoms with Crippen LogP contribution in [-0.4, -0.2) is 41.7 Å². The smallest absolute Gasteiger partial charge is 0.305 e. The Kier molecular flexibility index (Phi) is 7.23. The molecule has 2 bridgehead atoms. The second-order valence-corrected chi connectivity index (χ2v) is 14.7. The number of imide groups is 1. The van der Waals surface area contributed by atoms with Crippen molar-refractivity contribution in [3.8, 4) is 11.5 Å². The van der Waals surface area contributed by atoms with Gasteiger partial charge < -0.3 is 19.8 Å². The molecule has 3 fully saturated rings. The number of hydrogen-bond donors (Lipinski definition) is 2. The molecule has 1 aromatic heterocycles. The Balaban J connectivity index is 1.04. The third kappa shape index (κ3) is 4.75. The number of nitrogens with one attached hydrogen (secondary N) is 2. The van der Waals surface area contributed by atoms with E-state index in [1.165, 1.54) is 16.2 Å². The highest BCUT2D eigenvalue weighted by atomic mass is 35.5. The molecule has 2 saturated carbocycles. The van der Waals surface area contributed by atoms with Crippen LogP contribution in [0.15, 0.2) is 82.6 Å². The number of carbonyl (C=O) groups excluding carboxylic acids is 3. The molecule has 6 unspecified atom stereocenters. The number of halogens is 1. The van der Waals surface area contributed by atoms with E-state index in [9.17, 15) is 19.2 Å². The summed E-state index contributed by atoms with van der Waals surface area (Å²) in [4.78, 5) is 58.0. The molecule has 2 aliphatic heterocycles. The first-order chi connectivity index (χ1) is 22.3. The molecule has 0 radical (unpaired) electrons. The quantitative estimate of drug-likeness (QED) is 0.238. The number of aromatic amines is 1. The molecule has 3 aromatic carbocycles. The highest BCUT2D eigenvalue weighted by molar-refractivity contribution is 8.00. The van der Waals surface area contributed by atoms with Crippen LogP contribution in [0.25, 0.3) is 0 Å². The van der Waals surface area contributed by atoms with Crippen molar-refractivity contribution >= 4 is 63.8 Å². The Morgan fingerprint density at radius 3 is 2.30 bits per heavy atom. The van der Waals surface area contributed by atoms with Gasteiger partial charge in [0, 0.05) is 26.8 Å². The number of amides is 3. The second kappa shape index (κ2) is 11.3. The summed E-state index contributed by atoms with van der Waals surface area (Å²) in [5, 5.41) is 4.30. The minimum Gasteiger partial charge on any atom is -0.497 e. The van der Waals surface area contributed by atoms with E-state index in [0.717, 1.165) is 21.9 Å². The highest BCUT2D eigenvalue weighted by Crippen LogP contribution is 2.68. The molecule has 46 heavy (non-hydrogen) atoms.